The molecule has 0 fully saturated rings. The summed E-state index contributed by atoms with van der Waals surface area (Å²) >= 11 is 2.23. The molecule has 5 N–H and O–H groups in total. The molecule has 0 aliphatic heterocycles. The van der Waals surface area contributed by atoms with Crippen LogP contribution in [0.3, 0.4) is 0 Å². The Hall–Kier alpha value is -3.87. The van der Waals surface area contributed by atoms with Crippen LogP contribution < -0.4 is 16.8 Å². The zero-order chi connectivity index (χ0) is 25.7. The number of hydrogen-bond donors (Lipinski definition) is 3. The molecule has 1 atom stereocenters. The molecule has 0 saturated heterocycles. The zero-order valence-electron chi connectivity index (χ0n) is 19.3. The molecule has 10 nitrogen and oxygen atoms in total. The van der Waals surface area contributed by atoms with Gasteiger partial charge in [0.2, 0.25) is 5.91 Å². The number of pyridine rings is 1. The number of nitrogens with two attached hydrogens (primary N) is 2. The van der Waals surface area contributed by atoms with Gasteiger partial charge in [0.05, 0.1) is 24.4 Å². The van der Waals surface area contributed by atoms with Crippen molar-refractivity contribution in [3.63, 3.8) is 0 Å². The van der Waals surface area contributed by atoms with Crippen molar-refractivity contribution in [1.82, 2.24) is 19.6 Å². The summed E-state index contributed by atoms with van der Waals surface area (Å²) in [5.41, 5.74) is 12.5. The molecule has 1 aromatic carbocycles. The SMILES string of the molecule is COCCNC(=O)[C@@H](c1ccc2ncccc2c1)N(Cc1cccs1)C(=O)c1snc(C(N)=O)c1N. The lowest BCUT2D eigenvalue weighted by molar-refractivity contribution is -0.126. The number of anilines is 1. The quantitative estimate of drug-likeness (QED) is 0.269. The van der Waals surface area contributed by atoms with Gasteiger partial charge >= 0.3 is 0 Å². The Balaban J connectivity index is 1.82. The highest BCUT2D eigenvalue weighted by atomic mass is 32.1. The number of carbonyl (C=O) groups excluding carboxylic acids is 3. The van der Waals surface area contributed by atoms with E-state index in [1.165, 1.54) is 23.3 Å². The molecule has 0 bridgehead atoms. The molecule has 0 radical (unpaired) electrons. The summed E-state index contributed by atoms with van der Waals surface area (Å²) in [5.74, 6) is -1.76. The van der Waals surface area contributed by atoms with Crippen molar-refractivity contribution in [1.29, 1.82) is 0 Å². The molecule has 0 saturated carbocycles. The maximum atomic E-state index is 13.9. The van der Waals surface area contributed by atoms with Gasteiger partial charge in [0.15, 0.2) is 5.69 Å². The van der Waals surface area contributed by atoms with Gasteiger partial charge < -0.3 is 26.4 Å². The van der Waals surface area contributed by atoms with Crippen molar-refractivity contribution in [2.45, 2.75) is 12.6 Å². The average molecular weight is 525 g/mol. The predicted octanol–water partition coefficient (Wildman–Crippen LogP) is 2.58. The van der Waals surface area contributed by atoms with Crippen LogP contribution in [-0.2, 0) is 16.1 Å². The Morgan fingerprint density at radius 3 is 2.72 bits per heavy atom. The number of nitrogens with one attached hydrogen (secondary N) is 1. The maximum absolute atomic E-state index is 13.9. The number of carbonyl (C=O) groups is 3. The molecular weight excluding hydrogens is 500 g/mol. The molecule has 0 aliphatic carbocycles. The fourth-order valence-electron chi connectivity index (χ4n) is 3.72. The van der Waals surface area contributed by atoms with Crippen LogP contribution in [0.1, 0.15) is 36.6 Å². The Bertz CT molecular complexity index is 1390. The molecule has 0 unspecified atom stereocenters. The molecule has 12 heteroatoms. The largest absolute Gasteiger partial charge is 0.395 e. The van der Waals surface area contributed by atoms with Gasteiger partial charge in [0.25, 0.3) is 11.8 Å². The lowest BCUT2D eigenvalue weighted by Crippen LogP contribution is -2.44. The van der Waals surface area contributed by atoms with E-state index >= 15 is 0 Å². The number of primary amides is 1. The third-order valence-corrected chi connectivity index (χ3v) is 7.14. The average Bonchev–Trinajstić information content (AvgIpc) is 3.53. The second kappa shape index (κ2) is 11.2. The number of amides is 3. The Labute approximate surface area is 215 Å². The molecule has 3 amide bonds. The summed E-state index contributed by atoms with van der Waals surface area (Å²) in [6.45, 7) is 0.701. The predicted molar refractivity (Wildman–Crippen MR) is 139 cm³/mol. The van der Waals surface area contributed by atoms with Crippen LogP contribution in [0.2, 0.25) is 0 Å². The van der Waals surface area contributed by atoms with E-state index in [0.717, 1.165) is 27.3 Å². The maximum Gasteiger partial charge on any atom is 0.270 e. The van der Waals surface area contributed by atoms with Gasteiger partial charge in [0, 0.05) is 30.1 Å². The van der Waals surface area contributed by atoms with Crippen LogP contribution in [0.25, 0.3) is 10.9 Å². The standard InChI is InChI=1S/C24H24N6O4S2/c1-34-10-9-28-23(32)20(15-6-7-17-14(12-15)4-2-8-27-17)30(13-16-5-3-11-35-16)24(33)21-18(25)19(22(26)31)29-36-21/h2-8,11-12,20H,9-10,13,25H2,1H3,(H2,26,31)(H,28,32)/t20-/m1/s1. The summed E-state index contributed by atoms with van der Waals surface area (Å²) in [6, 6.07) is 11.8. The van der Waals surface area contributed by atoms with E-state index in [-0.39, 0.29) is 29.3 Å². The number of thiophene rings is 1. The van der Waals surface area contributed by atoms with Crippen molar-refractivity contribution in [3.05, 3.63) is 75.1 Å². The van der Waals surface area contributed by atoms with E-state index in [1.54, 1.807) is 24.4 Å². The van der Waals surface area contributed by atoms with E-state index < -0.39 is 23.8 Å². The second-order valence-electron chi connectivity index (χ2n) is 7.79. The van der Waals surface area contributed by atoms with Crippen LogP contribution >= 0.6 is 22.9 Å². The minimum Gasteiger partial charge on any atom is -0.395 e. The van der Waals surface area contributed by atoms with Gasteiger partial charge in [-0.25, -0.2) is 0 Å². The number of nitrogen functional groups attached to an aromatic ring is 1. The second-order valence-corrected chi connectivity index (χ2v) is 9.60. The first-order valence-corrected chi connectivity index (χ1v) is 12.6. The van der Waals surface area contributed by atoms with Crippen molar-refractivity contribution in [2.24, 2.45) is 5.73 Å². The van der Waals surface area contributed by atoms with Crippen molar-refractivity contribution < 1.29 is 19.1 Å². The topological polar surface area (TPSA) is 154 Å². The number of aromatic nitrogens is 2. The van der Waals surface area contributed by atoms with E-state index in [1.807, 2.05) is 29.6 Å². The summed E-state index contributed by atoms with van der Waals surface area (Å²) in [5, 5.41) is 5.56. The smallest absolute Gasteiger partial charge is 0.270 e. The van der Waals surface area contributed by atoms with E-state index in [0.29, 0.717) is 12.2 Å². The molecule has 36 heavy (non-hydrogen) atoms. The van der Waals surface area contributed by atoms with Gasteiger partial charge in [0.1, 0.15) is 10.9 Å². The molecule has 0 aliphatic rings. The molecule has 4 rings (SSSR count). The first kappa shape index (κ1) is 25.2. The molecule has 3 aromatic heterocycles. The molecule has 3 heterocycles. The number of fused-ring (bicyclic) bond motifs is 1. The highest BCUT2D eigenvalue weighted by Gasteiger charge is 2.35. The minimum atomic E-state index is -1.01. The van der Waals surface area contributed by atoms with Gasteiger partial charge in [-0.05, 0) is 46.7 Å². The molecular formula is C24H24N6O4S2. The van der Waals surface area contributed by atoms with Gasteiger partial charge in [-0.2, -0.15) is 4.37 Å². The van der Waals surface area contributed by atoms with Crippen molar-refractivity contribution >= 4 is 57.2 Å². The fraction of sp³-hybridized carbons (Fsp3) is 0.208. The summed E-state index contributed by atoms with van der Waals surface area (Å²) < 4.78 is 9.04. The number of hydrogen-bond acceptors (Lipinski definition) is 9. The van der Waals surface area contributed by atoms with Gasteiger partial charge in [-0.3, -0.25) is 19.4 Å². The summed E-state index contributed by atoms with van der Waals surface area (Å²) in [4.78, 5) is 45.8. The number of nitrogens with zero attached hydrogens (tertiary/aromatic N) is 3. The molecule has 0 spiro atoms. The zero-order valence-corrected chi connectivity index (χ0v) is 21.0. The lowest BCUT2D eigenvalue weighted by atomic mass is 10.0. The van der Waals surface area contributed by atoms with Crippen molar-refractivity contribution in [3.8, 4) is 0 Å². The number of benzene rings is 1. The van der Waals surface area contributed by atoms with Crippen molar-refractivity contribution in [2.75, 3.05) is 26.0 Å². The van der Waals surface area contributed by atoms with E-state index in [9.17, 15) is 14.4 Å². The third-order valence-electron chi connectivity index (χ3n) is 5.43. The van der Waals surface area contributed by atoms with Crippen LogP contribution in [0.15, 0.2) is 54.0 Å². The highest BCUT2D eigenvalue weighted by molar-refractivity contribution is 7.10. The van der Waals surface area contributed by atoms with Crippen LogP contribution in [0, 0.1) is 0 Å². The molecule has 186 valence electrons. The Morgan fingerprint density at radius 1 is 1.19 bits per heavy atom. The number of rotatable bonds is 10. The van der Waals surface area contributed by atoms with E-state index in [2.05, 4.69) is 14.7 Å². The van der Waals surface area contributed by atoms with E-state index in [4.69, 9.17) is 16.2 Å². The van der Waals surface area contributed by atoms with Gasteiger partial charge in [-0.1, -0.05) is 18.2 Å². The highest BCUT2D eigenvalue weighted by Crippen LogP contribution is 2.32. The third kappa shape index (κ3) is 5.35. The number of ether oxygens (including phenoxy) is 1. The Kier molecular flexibility index (Phi) is 7.88. The van der Waals surface area contributed by atoms with Crippen LogP contribution in [-0.4, -0.2) is 52.2 Å². The molecule has 4 aromatic rings. The fourth-order valence-corrected chi connectivity index (χ4v) is 5.18. The Morgan fingerprint density at radius 2 is 2.03 bits per heavy atom. The van der Waals surface area contributed by atoms with Crippen LogP contribution in [0.4, 0.5) is 5.69 Å². The van der Waals surface area contributed by atoms with Crippen LogP contribution in [0.5, 0.6) is 0 Å². The first-order chi connectivity index (χ1) is 17.4. The number of methoxy groups -OCH3 is 1. The van der Waals surface area contributed by atoms with Gasteiger partial charge in [-0.15, -0.1) is 11.3 Å². The first-order valence-electron chi connectivity index (χ1n) is 10.9. The normalized spacial score (nSPS) is 11.8. The summed E-state index contributed by atoms with van der Waals surface area (Å²) in [7, 11) is 1.54. The minimum absolute atomic E-state index is 0.0394. The summed E-state index contributed by atoms with van der Waals surface area (Å²) in [6.07, 6.45) is 1.69. The monoisotopic (exact) mass is 524 g/mol. The lowest BCUT2D eigenvalue weighted by Gasteiger charge is -2.31.